The van der Waals surface area contributed by atoms with Gasteiger partial charge in [0.15, 0.2) is 6.10 Å². The number of amides is 4. The summed E-state index contributed by atoms with van der Waals surface area (Å²) in [5.74, 6) is -9.54. The number of aliphatic hydroxyl groups excluding tert-OH is 1. The molecule has 0 fully saturated rings. The zero-order valence-electron chi connectivity index (χ0n) is 28.6. The van der Waals surface area contributed by atoms with Crippen molar-refractivity contribution in [1.82, 2.24) is 26.3 Å². The Hall–Kier alpha value is -4.54. The quantitative estimate of drug-likeness (QED) is 0.0894. The Kier molecular flexibility index (Phi) is 15.4. The van der Waals surface area contributed by atoms with Crippen molar-refractivity contribution in [1.29, 1.82) is 0 Å². The van der Waals surface area contributed by atoms with E-state index in [9.17, 15) is 37.5 Å². The number of pyridine rings is 1. The van der Waals surface area contributed by atoms with E-state index in [1.165, 1.54) is 57.5 Å². The van der Waals surface area contributed by atoms with Gasteiger partial charge in [0.25, 0.3) is 11.8 Å². The molecule has 11 nitrogen and oxygen atoms in total. The minimum Gasteiger partial charge on any atom is -0.497 e. The molecule has 4 amide bonds. The first-order valence-electron chi connectivity index (χ1n) is 16.2. The normalized spacial score (nSPS) is 14.0. The summed E-state index contributed by atoms with van der Waals surface area (Å²) >= 11 is 11.7. The Morgan fingerprint density at radius 2 is 1.55 bits per heavy atom. The van der Waals surface area contributed by atoms with Crippen LogP contribution in [0.4, 0.5) is 22.0 Å². The molecule has 0 aliphatic rings. The van der Waals surface area contributed by atoms with Gasteiger partial charge in [-0.3, -0.25) is 24.2 Å². The number of unbranched alkanes of at least 4 members (excludes halogenated alkanes) is 1. The lowest BCUT2D eigenvalue weighted by molar-refractivity contribution is -0.215. The SMILES string of the molecule is COc1ccc([C@H](NC(=O)[C@H](CCCCNC(=O)c2ccccn2)NC(=O)C(F)(F)c2ccc(Cl)c(Cl)c2)C(=O)N[C@@H](C(C)C)[C@H](O)C(F)(F)F)cc1. The third-order valence-corrected chi connectivity index (χ3v) is 8.73. The van der Waals surface area contributed by atoms with Gasteiger partial charge in [-0.1, -0.05) is 61.3 Å². The van der Waals surface area contributed by atoms with E-state index in [2.05, 4.69) is 20.9 Å². The number of alkyl halides is 5. The molecule has 18 heteroatoms. The van der Waals surface area contributed by atoms with Gasteiger partial charge in [0.2, 0.25) is 11.8 Å². The number of aromatic nitrogens is 1. The first-order valence-corrected chi connectivity index (χ1v) is 16.9. The van der Waals surface area contributed by atoms with Gasteiger partial charge in [0.1, 0.15) is 23.5 Å². The van der Waals surface area contributed by atoms with E-state index < -0.39 is 71.4 Å². The van der Waals surface area contributed by atoms with Gasteiger partial charge < -0.3 is 31.1 Å². The smallest absolute Gasteiger partial charge is 0.416 e. The number of aliphatic hydroxyl groups is 1. The molecule has 5 N–H and O–H groups in total. The highest BCUT2D eigenvalue weighted by Crippen LogP contribution is 2.33. The number of carbonyl (C=O) groups is 4. The van der Waals surface area contributed by atoms with Gasteiger partial charge in [-0.15, -0.1) is 0 Å². The van der Waals surface area contributed by atoms with E-state index in [1.807, 2.05) is 5.32 Å². The van der Waals surface area contributed by atoms with Crippen molar-refractivity contribution in [2.24, 2.45) is 5.92 Å². The van der Waals surface area contributed by atoms with Crippen molar-refractivity contribution in [3.63, 3.8) is 0 Å². The van der Waals surface area contributed by atoms with Gasteiger partial charge >= 0.3 is 12.1 Å². The van der Waals surface area contributed by atoms with Crippen LogP contribution in [0.5, 0.6) is 5.75 Å². The molecule has 1 heterocycles. The van der Waals surface area contributed by atoms with Crippen molar-refractivity contribution < 1.29 is 51.0 Å². The van der Waals surface area contributed by atoms with E-state index in [4.69, 9.17) is 27.9 Å². The third-order valence-electron chi connectivity index (χ3n) is 7.99. The lowest BCUT2D eigenvalue weighted by atomic mass is 9.96. The van der Waals surface area contributed by atoms with Gasteiger partial charge in [-0.25, -0.2) is 0 Å². The summed E-state index contributed by atoms with van der Waals surface area (Å²) in [6.07, 6.45) is -6.65. The van der Waals surface area contributed by atoms with Crippen LogP contribution in [0.25, 0.3) is 0 Å². The zero-order chi connectivity index (χ0) is 39.5. The van der Waals surface area contributed by atoms with Crippen LogP contribution in [-0.4, -0.2) is 71.7 Å². The predicted octanol–water partition coefficient (Wildman–Crippen LogP) is 5.50. The Labute approximate surface area is 312 Å². The van der Waals surface area contributed by atoms with Crippen molar-refractivity contribution in [3.8, 4) is 5.75 Å². The highest BCUT2D eigenvalue weighted by Gasteiger charge is 2.46. The molecule has 1 aromatic heterocycles. The van der Waals surface area contributed by atoms with Crippen molar-refractivity contribution >= 4 is 46.8 Å². The Morgan fingerprint density at radius 3 is 2.11 bits per heavy atom. The highest BCUT2D eigenvalue weighted by molar-refractivity contribution is 6.42. The largest absolute Gasteiger partial charge is 0.497 e. The zero-order valence-corrected chi connectivity index (χ0v) is 30.2. The fourth-order valence-corrected chi connectivity index (χ4v) is 5.30. The van der Waals surface area contributed by atoms with Crippen molar-refractivity contribution in [3.05, 3.63) is 93.7 Å². The van der Waals surface area contributed by atoms with Crippen LogP contribution in [0.15, 0.2) is 66.9 Å². The second kappa shape index (κ2) is 19.0. The summed E-state index contributed by atoms with van der Waals surface area (Å²) < 4.78 is 76.4. The lowest BCUT2D eigenvalue weighted by Gasteiger charge is -2.31. The summed E-state index contributed by atoms with van der Waals surface area (Å²) in [6, 6.07) is 7.62. The van der Waals surface area contributed by atoms with Crippen LogP contribution >= 0.6 is 23.2 Å². The molecule has 53 heavy (non-hydrogen) atoms. The van der Waals surface area contributed by atoms with Crippen LogP contribution < -0.4 is 26.0 Å². The molecule has 0 saturated heterocycles. The molecule has 0 radical (unpaired) electrons. The second-order valence-electron chi connectivity index (χ2n) is 12.2. The predicted molar refractivity (Wildman–Crippen MR) is 185 cm³/mol. The molecule has 3 aromatic rings. The van der Waals surface area contributed by atoms with Crippen LogP contribution in [0.1, 0.15) is 60.8 Å². The highest BCUT2D eigenvalue weighted by atomic mass is 35.5. The molecule has 2 aromatic carbocycles. The molecular weight excluding hydrogens is 752 g/mol. The summed E-state index contributed by atoms with van der Waals surface area (Å²) in [7, 11) is 1.36. The summed E-state index contributed by atoms with van der Waals surface area (Å²) in [5.41, 5.74) is -0.643. The third kappa shape index (κ3) is 12.0. The topological polar surface area (TPSA) is 159 Å². The monoisotopic (exact) mass is 789 g/mol. The van der Waals surface area contributed by atoms with E-state index in [1.54, 1.807) is 12.1 Å². The number of halogens is 7. The number of benzene rings is 2. The number of rotatable bonds is 17. The molecule has 288 valence electrons. The minimum absolute atomic E-state index is 0.0455. The number of carbonyl (C=O) groups excluding carboxylic acids is 4. The first-order chi connectivity index (χ1) is 24.9. The number of methoxy groups -OCH3 is 1. The summed E-state index contributed by atoms with van der Waals surface area (Å²) in [6.45, 7) is 2.74. The second-order valence-corrected chi connectivity index (χ2v) is 13.0. The molecule has 4 atom stereocenters. The molecule has 0 unspecified atom stereocenters. The molecular formula is C35H38Cl2F5N5O6. The van der Waals surface area contributed by atoms with Gasteiger partial charge in [0, 0.05) is 18.3 Å². The molecule has 0 aliphatic heterocycles. The fourth-order valence-electron chi connectivity index (χ4n) is 5.00. The molecule has 0 aliphatic carbocycles. The average molecular weight is 791 g/mol. The molecule has 0 spiro atoms. The van der Waals surface area contributed by atoms with Crippen LogP contribution in [0.2, 0.25) is 10.0 Å². The van der Waals surface area contributed by atoms with Crippen molar-refractivity contribution in [2.45, 2.75) is 69.4 Å². The maximum atomic E-state index is 15.4. The maximum Gasteiger partial charge on any atom is 0.416 e. The average Bonchev–Trinajstić information content (AvgIpc) is 3.12. The number of nitrogens with zero attached hydrogens (tertiary/aromatic N) is 1. The van der Waals surface area contributed by atoms with E-state index in [0.29, 0.717) is 5.75 Å². The number of ether oxygens (including phenoxy) is 1. The van der Waals surface area contributed by atoms with E-state index in [0.717, 1.165) is 18.2 Å². The standard InChI is InChI=1S/C35H38Cl2F5N5O6/c1-19(2)27(29(48)35(40,41)42)46-32(51)28(20-10-13-22(53-3)14-11-20)47-31(50)26(9-5-7-17-44-30(49)25-8-4-6-16-43-25)45-33(52)34(38,39)21-12-15-23(36)24(37)18-21/h4,6,8,10-16,18-19,26-29,48H,5,7,9,17H2,1-3H3,(H,44,49)(H,45,52)(H,46,51)(H,47,50)/t26-,27-,28-,29-/m0/s1. The van der Waals surface area contributed by atoms with Gasteiger partial charge in [-0.2, -0.15) is 22.0 Å². The van der Waals surface area contributed by atoms with Crippen molar-refractivity contribution in [2.75, 3.05) is 13.7 Å². The van der Waals surface area contributed by atoms with Crippen LogP contribution in [-0.2, 0) is 20.3 Å². The van der Waals surface area contributed by atoms with E-state index >= 15 is 8.78 Å². The number of hydrogen-bond acceptors (Lipinski definition) is 7. The Balaban J connectivity index is 1.89. The van der Waals surface area contributed by atoms with Crippen LogP contribution in [0.3, 0.4) is 0 Å². The Bertz CT molecular complexity index is 1720. The first kappa shape index (κ1) is 42.9. The summed E-state index contributed by atoms with van der Waals surface area (Å²) in [4.78, 5) is 56.7. The Morgan fingerprint density at radius 1 is 0.868 bits per heavy atom. The van der Waals surface area contributed by atoms with Gasteiger partial charge in [-0.05, 0) is 67.1 Å². The van der Waals surface area contributed by atoms with Crippen LogP contribution in [0, 0.1) is 5.92 Å². The van der Waals surface area contributed by atoms with E-state index in [-0.39, 0.29) is 47.1 Å². The number of nitrogens with one attached hydrogen (secondary N) is 4. The fraction of sp³-hybridized carbons (Fsp3) is 0.400. The molecule has 3 rings (SSSR count). The lowest BCUT2D eigenvalue weighted by Crippen LogP contribution is -2.56. The molecule has 0 saturated carbocycles. The summed E-state index contributed by atoms with van der Waals surface area (Å²) in [5, 5.41) is 18.8. The van der Waals surface area contributed by atoms with Gasteiger partial charge in [0.05, 0.1) is 23.2 Å². The number of hydrogen-bond donors (Lipinski definition) is 5. The minimum atomic E-state index is -5.10. The molecule has 0 bridgehead atoms. The maximum absolute atomic E-state index is 15.4.